The van der Waals surface area contributed by atoms with Gasteiger partial charge in [-0.25, -0.2) is 8.42 Å². The minimum absolute atomic E-state index is 0.0315. The van der Waals surface area contributed by atoms with E-state index in [1.165, 1.54) is 13.0 Å². The number of esters is 1. The molecule has 1 saturated carbocycles. The van der Waals surface area contributed by atoms with Gasteiger partial charge in [0.15, 0.2) is 6.10 Å². The van der Waals surface area contributed by atoms with Gasteiger partial charge in [0.2, 0.25) is 10.0 Å². The fourth-order valence-electron chi connectivity index (χ4n) is 3.99. The molecule has 0 bridgehead atoms. The molecule has 12 heteroatoms. The summed E-state index contributed by atoms with van der Waals surface area (Å²) in [6.07, 6.45) is 3.49. The Bertz CT molecular complexity index is 987. The Morgan fingerprint density at radius 1 is 1.22 bits per heavy atom. The quantitative estimate of drug-likeness (QED) is 0.354. The summed E-state index contributed by atoms with van der Waals surface area (Å²) in [6.45, 7) is 1.58. The lowest BCUT2D eigenvalue weighted by atomic mass is 9.98. The number of rotatable bonds is 7. The Morgan fingerprint density at radius 2 is 1.84 bits per heavy atom. The molecule has 1 heterocycles. The predicted molar refractivity (Wildman–Crippen MR) is 116 cm³/mol. The summed E-state index contributed by atoms with van der Waals surface area (Å²) < 4.78 is 32.3. The van der Waals surface area contributed by atoms with Gasteiger partial charge in [-0.2, -0.15) is 4.31 Å². The van der Waals surface area contributed by atoms with Crippen molar-refractivity contribution in [3.63, 3.8) is 0 Å². The molecule has 1 aliphatic heterocycles. The van der Waals surface area contributed by atoms with E-state index in [0.717, 1.165) is 42.1 Å². The maximum Gasteiger partial charge on any atom is 0.309 e. The number of amides is 1. The molecule has 0 aromatic heterocycles. The van der Waals surface area contributed by atoms with Crippen molar-refractivity contribution in [3.05, 3.63) is 33.3 Å². The lowest BCUT2D eigenvalue weighted by Gasteiger charge is -2.30. The smallest absolute Gasteiger partial charge is 0.309 e. The van der Waals surface area contributed by atoms with E-state index in [9.17, 15) is 28.1 Å². The summed E-state index contributed by atoms with van der Waals surface area (Å²) in [5.74, 6) is -1.40. The van der Waals surface area contributed by atoms with Crippen LogP contribution in [-0.2, 0) is 24.3 Å². The zero-order chi connectivity index (χ0) is 23.5. The molecule has 1 atom stereocenters. The van der Waals surface area contributed by atoms with Gasteiger partial charge in [0.05, 0.1) is 15.9 Å². The van der Waals surface area contributed by atoms with Crippen molar-refractivity contribution in [2.45, 2.75) is 62.5 Å². The lowest BCUT2D eigenvalue weighted by Crippen LogP contribution is -2.44. The number of nitrogens with zero attached hydrogens (tertiary/aromatic N) is 2. The van der Waals surface area contributed by atoms with Crippen molar-refractivity contribution in [2.75, 3.05) is 13.1 Å². The fourth-order valence-corrected chi connectivity index (χ4v) is 5.95. The van der Waals surface area contributed by atoms with Gasteiger partial charge in [-0.3, -0.25) is 19.7 Å². The van der Waals surface area contributed by atoms with Gasteiger partial charge in [-0.05, 0) is 38.7 Å². The van der Waals surface area contributed by atoms with Crippen molar-refractivity contribution in [2.24, 2.45) is 5.92 Å². The highest BCUT2D eigenvalue weighted by Gasteiger charge is 2.35. The number of nitro groups is 1. The Morgan fingerprint density at radius 3 is 2.44 bits per heavy atom. The van der Waals surface area contributed by atoms with E-state index in [1.54, 1.807) is 0 Å². The van der Waals surface area contributed by atoms with Crippen LogP contribution in [0, 0.1) is 16.0 Å². The summed E-state index contributed by atoms with van der Waals surface area (Å²) in [7, 11) is -4.07. The zero-order valence-electron chi connectivity index (χ0n) is 17.7. The van der Waals surface area contributed by atoms with Gasteiger partial charge >= 0.3 is 5.97 Å². The molecule has 10 nitrogen and oxygen atoms in total. The second-order valence-corrected chi connectivity index (χ2v) is 10.4. The predicted octanol–water partition coefficient (Wildman–Crippen LogP) is 2.64. The zero-order valence-corrected chi connectivity index (χ0v) is 19.2. The molecule has 1 N–H and O–H groups in total. The second kappa shape index (κ2) is 10.1. The van der Waals surface area contributed by atoms with E-state index < -0.39 is 32.9 Å². The molecule has 1 unspecified atom stereocenters. The summed E-state index contributed by atoms with van der Waals surface area (Å²) in [6, 6.07) is 3.36. The number of benzene rings is 1. The third kappa shape index (κ3) is 5.57. The third-order valence-electron chi connectivity index (χ3n) is 5.89. The number of hydrogen-bond donors (Lipinski definition) is 1. The minimum atomic E-state index is -4.07. The highest BCUT2D eigenvalue weighted by Crippen LogP contribution is 2.31. The Balaban J connectivity index is 1.57. The van der Waals surface area contributed by atoms with Crippen LogP contribution in [0.2, 0.25) is 5.02 Å². The molecular weight excluding hydrogens is 462 g/mol. The summed E-state index contributed by atoms with van der Waals surface area (Å²) in [5.41, 5.74) is -0.378. The number of non-ortho nitro benzene ring substituents is 1. The summed E-state index contributed by atoms with van der Waals surface area (Å²) in [5, 5.41) is 13.8. The van der Waals surface area contributed by atoms with Gasteiger partial charge in [0.1, 0.15) is 4.90 Å². The Hall–Kier alpha value is -2.24. The van der Waals surface area contributed by atoms with Crippen molar-refractivity contribution in [1.82, 2.24) is 9.62 Å². The normalized spacial score (nSPS) is 19.4. The first-order valence-corrected chi connectivity index (χ1v) is 12.4. The number of piperidine rings is 1. The van der Waals surface area contributed by atoms with Gasteiger partial charge in [-0.15, -0.1) is 0 Å². The van der Waals surface area contributed by atoms with Gasteiger partial charge in [0.25, 0.3) is 11.6 Å². The van der Waals surface area contributed by atoms with Crippen LogP contribution in [0.1, 0.15) is 45.4 Å². The van der Waals surface area contributed by atoms with E-state index in [4.69, 9.17) is 16.3 Å². The number of sulfonamides is 1. The molecule has 0 radical (unpaired) electrons. The standard InChI is InChI=1S/C20H26ClN3O7S/c1-13(19(25)22-15-4-2-3-5-15)31-20(26)14-8-10-23(11-9-14)32(29,30)18-12-16(24(27)28)6-7-17(18)21/h6-7,12-15H,2-5,8-11H2,1H3,(H,22,25). The Labute approximate surface area is 191 Å². The molecule has 1 aromatic rings. The molecule has 1 saturated heterocycles. The molecule has 1 amide bonds. The van der Waals surface area contributed by atoms with E-state index in [1.807, 2.05) is 0 Å². The van der Waals surface area contributed by atoms with Crippen LogP contribution in [0.3, 0.4) is 0 Å². The maximum atomic E-state index is 12.9. The van der Waals surface area contributed by atoms with Crippen LogP contribution < -0.4 is 5.32 Å². The third-order valence-corrected chi connectivity index (χ3v) is 8.27. The average molecular weight is 488 g/mol. The highest BCUT2D eigenvalue weighted by atomic mass is 35.5. The van der Waals surface area contributed by atoms with Crippen molar-refractivity contribution >= 4 is 39.2 Å². The van der Waals surface area contributed by atoms with E-state index in [0.29, 0.717) is 0 Å². The minimum Gasteiger partial charge on any atom is -0.452 e. The van der Waals surface area contributed by atoms with Gasteiger partial charge in [0, 0.05) is 31.3 Å². The number of nitro benzene ring substituents is 1. The number of carbonyl (C=O) groups is 2. The molecule has 0 spiro atoms. The van der Waals surface area contributed by atoms with E-state index in [-0.39, 0.29) is 53.5 Å². The van der Waals surface area contributed by atoms with Crippen LogP contribution in [0.25, 0.3) is 0 Å². The fraction of sp³-hybridized carbons (Fsp3) is 0.600. The average Bonchev–Trinajstić information content (AvgIpc) is 3.26. The first kappa shape index (κ1) is 24.4. The Kier molecular flexibility index (Phi) is 7.73. The molecule has 2 fully saturated rings. The first-order chi connectivity index (χ1) is 15.1. The van der Waals surface area contributed by atoms with Crippen LogP contribution in [0.5, 0.6) is 0 Å². The van der Waals surface area contributed by atoms with E-state index in [2.05, 4.69) is 5.32 Å². The van der Waals surface area contributed by atoms with Crippen LogP contribution in [0.15, 0.2) is 23.1 Å². The van der Waals surface area contributed by atoms with Crippen molar-refractivity contribution in [1.29, 1.82) is 0 Å². The van der Waals surface area contributed by atoms with Gasteiger partial charge in [-0.1, -0.05) is 24.4 Å². The molecule has 3 rings (SSSR count). The number of halogens is 1. The maximum absolute atomic E-state index is 12.9. The molecule has 176 valence electrons. The van der Waals surface area contributed by atoms with Gasteiger partial charge < -0.3 is 10.1 Å². The second-order valence-electron chi connectivity index (χ2n) is 8.12. The van der Waals surface area contributed by atoms with Crippen LogP contribution >= 0.6 is 11.6 Å². The molecule has 32 heavy (non-hydrogen) atoms. The molecule has 1 aromatic carbocycles. The van der Waals surface area contributed by atoms with Crippen molar-refractivity contribution < 1.29 is 27.7 Å². The number of carbonyl (C=O) groups excluding carboxylic acids is 2. The monoisotopic (exact) mass is 487 g/mol. The van der Waals surface area contributed by atoms with Crippen molar-refractivity contribution in [3.8, 4) is 0 Å². The number of ether oxygens (including phenoxy) is 1. The first-order valence-electron chi connectivity index (χ1n) is 10.5. The summed E-state index contributed by atoms with van der Waals surface area (Å²) >= 11 is 5.99. The number of hydrogen-bond acceptors (Lipinski definition) is 7. The highest BCUT2D eigenvalue weighted by molar-refractivity contribution is 7.89. The molecule has 2 aliphatic rings. The number of nitrogens with one attached hydrogen (secondary N) is 1. The van der Waals surface area contributed by atoms with E-state index >= 15 is 0 Å². The SMILES string of the molecule is CC(OC(=O)C1CCN(S(=O)(=O)c2cc([N+](=O)[O-])ccc2Cl)CC1)C(=O)NC1CCCC1. The summed E-state index contributed by atoms with van der Waals surface area (Å²) in [4.78, 5) is 34.7. The van der Waals surface area contributed by atoms with Crippen LogP contribution in [-0.4, -0.2) is 54.8 Å². The topological polar surface area (TPSA) is 136 Å². The lowest BCUT2D eigenvalue weighted by molar-refractivity contribution is -0.385. The molecular formula is C20H26ClN3O7S. The van der Waals surface area contributed by atoms with Crippen LogP contribution in [0.4, 0.5) is 5.69 Å². The largest absolute Gasteiger partial charge is 0.452 e. The molecule has 1 aliphatic carbocycles.